The first-order valence-electron chi connectivity index (χ1n) is 7.61. The van der Waals surface area contributed by atoms with E-state index in [9.17, 15) is 9.59 Å². The van der Waals surface area contributed by atoms with Gasteiger partial charge in [0.2, 0.25) is 5.91 Å². The number of nitrogens with zero attached hydrogens (tertiary/aromatic N) is 3. The Labute approximate surface area is 136 Å². The molecule has 1 N–H and O–H groups in total. The van der Waals surface area contributed by atoms with Crippen molar-refractivity contribution in [2.45, 2.75) is 20.4 Å². The summed E-state index contributed by atoms with van der Waals surface area (Å²) in [6.45, 7) is 4.85. The number of aryl methyl sites for hydroxylation is 2. The second-order valence-corrected chi connectivity index (χ2v) is 5.37. The van der Waals surface area contributed by atoms with Gasteiger partial charge in [0.15, 0.2) is 0 Å². The van der Waals surface area contributed by atoms with Crippen molar-refractivity contribution in [3.8, 4) is 0 Å². The zero-order valence-electron chi connectivity index (χ0n) is 13.7. The molecule has 0 atom stereocenters. The van der Waals surface area contributed by atoms with Crippen LogP contribution in [0.1, 0.15) is 28.7 Å². The molecule has 0 aliphatic rings. The quantitative estimate of drug-likeness (QED) is 0.879. The highest BCUT2D eigenvalue weighted by Gasteiger charge is 2.16. The number of rotatable bonds is 6. The van der Waals surface area contributed by atoms with Crippen molar-refractivity contribution in [1.29, 1.82) is 0 Å². The molecular formula is C17H22N4O2. The lowest BCUT2D eigenvalue weighted by molar-refractivity contribution is -0.130. The van der Waals surface area contributed by atoms with Crippen molar-refractivity contribution in [2.24, 2.45) is 7.05 Å². The fourth-order valence-electron chi connectivity index (χ4n) is 2.36. The molecule has 1 aromatic heterocycles. The molecule has 6 nitrogen and oxygen atoms in total. The van der Waals surface area contributed by atoms with Crippen LogP contribution in [0.2, 0.25) is 0 Å². The molecule has 0 unspecified atom stereocenters. The molecule has 0 aliphatic heterocycles. The lowest BCUT2D eigenvalue weighted by Crippen LogP contribution is -2.40. The maximum absolute atomic E-state index is 12.3. The smallest absolute Gasteiger partial charge is 0.269 e. The van der Waals surface area contributed by atoms with Gasteiger partial charge in [-0.15, -0.1) is 0 Å². The van der Waals surface area contributed by atoms with E-state index in [1.165, 1.54) is 4.68 Å². The highest BCUT2D eigenvalue weighted by atomic mass is 16.2. The second-order valence-electron chi connectivity index (χ2n) is 5.37. The molecule has 122 valence electrons. The Morgan fingerprint density at radius 2 is 1.96 bits per heavy atom. The monoisotopic (exact) mass is 314 g/mol. The van der Waals surface area contributed by atoms with Gasteiger partial charge in [0.1, 0.15) is 5.69 Å². The summed E-state index contributed by atoms with van der Waals surface area (Å²) >= 11 is 0. The molecule has 0 bridgehead atoms. The van der Waals surface area contributed by atoms with Crippen molar-refractivity contribution in [2.75, 3.05) is 13.1 Å². The van der Waals surface area contributed by atoms with E-state index < -0.39 is 0 Å². The SMILES string of the molecule is CCN(Cc1ccccc1)C(=O)CNC(=O)c1cc(C)nn1C. The fourth-order valence-corrected chi connectivity index (χ4v) is 2.36. The van der Waals surface area contributed by atoms with Crippen molar-refractivity contribution < 1.29 is 9.59 Å². The summed E-state index contributed by atoms with van der Waals surface area (Å²) in [4.78, 5) is 26.1. The van der Waals surface area contributed by atoms with Crippen LogP contribution < -0.4 is 5.32 Å². The summed E-state index contributed by atoms with van der Waals surface area (Å²) in [5.41, 5.74) is 2.28. The number of amides is 2. The number of nitrogens with one attached hydrogen (secondary N) is 1. The average Bonchev–Trinajstić information content (AvgIpc) is 2.89. The van der Waals surface area contributed by atoms with Crippen LogP contribution in [0.5, 0.6) is 0 Å². The molecule has 1 aromatic carbocycles. The van der Waals surface area contributed by atoms with Crippen LogP contribution in [0.4, 0.5) is 0 Å². The third-order valence-corrected chi connectivity index (χ3v) is 3.59. The van der Waals surface area contributed by atoms with Crippen LogP contribution in [-0.2, 0) is 18.4 Å². The molecule has 0 saturated carbocycles. The normalized spacial score (nSPS) is 10.4. The van der Waals surface area contributed by atoms with Crippen molar-refractivity contribution >= 4 is 11.8 Å². The van der Waals surface area contributed by atoms with E-state index in [-0.39, 0.29) is 18.4 Å². The van der Waals surface area contributed by atoms with Crippen molar-refractivity contribution in [1.82, 2.24) is 20.0 Å². The lowest BCUT2D eigenvalue weighted by Gasteiger charge is -2.21. The number of aromatic nitrogens is 2. The number of carbonyl (C=O) groups excluding carboxylic acids is 2. The Hall–Kier alpha value is -2.63. The van der Waals surface area contributed by atoms with Gasteiger partial charge in [0, 0.05) is 20.1 Å². The first-order valence-corrected chi connectivity index (χ1v) is 7.61. The molecule has 0 fully saturated rings. The zero-order chi connectivity index (χ0) is 16.8. The highest BCUT2D eigenvalue weighted by molar-refractivity contribution is 5.95. The van der Waals surface area contributed by atoms with Gasteiger partial charge < -0.3 is 10.2 Å². The molecule has 23 heavy (non-hydrogen) atoms. The standard InChI is InChI=1S/C17H22N4O2/c1-4-21(12-14-8-6-5-7-9-14)16(22)11-18-17(23)15-10-13(2)19-20(15)3/h5-10H,4,11-12H2,1-3H3,(H,18,23). The summed E-state index contributed by atoms with van der Waals surface area (Å²) in [6, 6.07) is 11.5. The molecular weight excluding hydrogens is 292 g/mol. The molecule has 0 radical (unpaired) electrons. The molecule has 1 heterocycles. The van der Waals surface area contributed by atoms with Crippen molar-refractivity contribution in [3.63, 3.8) is 0 Å². The van der Waals surface area contributed by atoms with Gasteiger partial charge in [-0.2, -0.15) is 5.10 Å². The van der Waals surface area contributed by atoms with Crippen LogP contribution in [0.25, 0.3) is 0 Å². The predicted octanol–water partition coefficient (Wildman–Crippen LogP) is 1.51. The van der Waals surface area contributed by atoms with Gasteiger partial charge in [-0.3, -0.25) is 14.3 Å². The van der Waals surface area contributed by atoms with E-state index in [0.717, 1.165) is 11.3 Å². The van der Waals surface area contributed by atoms with Crippen LogP contribution in [-0.4, -0.2) is 39.6 Å². The van der Waals surface area contributed by atoms with E-state index in [1.807, 2.05) is 44.2 Å². The van der Waals surface area contributed by atoms with E-state index >= 15 is 0 Å². The molecule has 2 aromatic rings. The van der Waals surface area contributed by atoms with Gasteiger partial charge in [0.05, 0.1) is 12.2 Å². The maximum Gasteiger partial charge on any atom is 0.269 e. The summed E-state index contributed by atoms with van der Waals surface area (Å²) in [5, 5.41) is 6.79. The molecule has 2 amide bonds. The first kappa shape index (κ1) is 16.7. The number of carbonyl (C=O) groups is 2. The molecule has 6 heteroatoms. The highest BCUT2D eigenvalue weighted by Crippen LogP contribution is 2.05. The molecule has 0 spiro atoms. The zero-order valence-corrected chi connectivity index (χ0v) is 13.7. The minimum atomic E-state index is -0.294. The number of hydrogen-bond acceptors (Lipinski definition) is 3. The van der Waals surface area contributed by atoms with Gasteiger partial charge in [0.25, 0.3) is 5.91 Å². The van der Waals surface area contributed by atoms with Crippen LogP contribution >= 0.6 is 0 Å². The topological polar surface area (TPSA) is 67.2 Å². The van der Waals surface area contributed by atoms with Crippen molar-refractivity contribution in [3.05, 3.63) is 53.3 Å². The number of hydrogen-bond donors (Lipinski definition) is 1. The minimum Gasteiger partial charge on any atom is -0.342 e. The summed E-state index contributed by atoms with van der Waals surface area (Å²) in [6.07, 6.45) is 0. The largest absolute Gasteiger partial charge is 0.342 e. The summed E-state index contributed by atoms with van der Waals surface area (Å²) in [5.74, 6) is -0.402. The van der Waals surface area contributed by atoms with Gasteiger partial charge in [-0.1, -0.05) is 30.3 Å². The third-order valence-electron chi connectivity index (χ3n) is 3.59. The van der Waals surface area contributed by atoms with Gasteiger partial charge in [-0.05, 0) is 25.5 Å². The second kappa shape index (κ2) is 7.58. The summed E-state index contributed by atoms with van der Waals surface area (Å²) in [7, 11) is 1.71. The molecule has 0 saturated heterocycles. The first-order chi connectivity index (χ1) is 11.0. The minimum absolute atomic E-state index is 0.0241. The third kappa shape index (κ3) is 4.42. The summed E-state index contributed by atoms with van der Waals surface area (Å²) < 4.78 is 1.51. The maximum atomic E-state index is 12.3. The Balaban J connectivity index is 1.92. The Kier molecular flexibility index (Phi) is 5.51. The van der Waals surface area contributed by atoms with Crippen LogP contribution in [0, 0.1) is 6.92 Å². The Morgan fingerprint density at radius 3 is 2.52 bits per heavy atom. The van der Waals surface area contributed by atoms with Crippen LogP contribution in [0.3, 0.4) is 0 Å². The average molecular weight is 314 g/mol. The van der Waals surface area contributed by atoms with Crippen LogP contribution in [0.15, 0.2) is 36.4 Å². The van der Waals surface area contributed by atoms with E-state index in [0.29, 0.717) is 18.8 Å². The van der Waals surface area contributed by atoms with E-state index in [4.69, 9.17) is 0 Å². The lowest BCUT2D eigenvalue weighted by atomic mass is 10.2. The Morgan fingerprint density at radius 1 is 1.26 bits per heavy atom. The van der Waals surface area contributed by atoms with Gasteiger partial charge >= 0.3 is 0 Å². The van der Waals surface area contributed by atoms with E-state index in [1.54, 1.807) is 18.0 Å². The predicted molar refractivity (Wildman–Crippen MR) is 87.8 cm³/mol. The molecule has 0 aliphatic carbocycles. The number of likely N-dealkylation sites (N-methyl/N-ethyl adjacent to an activating group) is 1. The van der Waals surface area contributed by atoms with Gasteiger partial charge in [-0.25, -0.2) is 0 Å². The fraction of sp³-hybridized carbons (Fsp3) is 0.353. The Bertz CT molecular complexity index is 679. The van der Waals surface area contributed by atoms with E-state index in [2.05, 4.69) is 10.4 Å². The molecule has 2 rings (SSSR count). The number of benzene rings is 1.